The number of halogens is 1. The molecule has 0 spiro atoms. The fraction of sp³-hybridized carbons (Fsp3) is 0.125. The van der Waals surface area contributed by atoms with Crippen molar-refractivity contribution in [1.82, 2.24) is 0 Å². The van der Waals surface area contributed by atoms with Gasteiger partial charge in [-0.2, -0.15) is 0 Å². The van der Waals surface area contributed by atoms with E-state index in [1.165, 1.54) is 0 Å². The first kappa shape index (κ1) is 13.6. The molecule has 0 aromatic heterocycles. The topological polar surface area (TPSA) is 72.2 Å². The lowest BCUT2D eigenvalue weighted by Gasteiger charge is -2.11. The predicted molar refractivity (Wildman–Crippen MR) is 82.8 cm³/mol. The third-order valence-electron chi connectivity index (χ3n) is 3.59. The van der Waals surface area contributed by atoms with E-state index in [1.807, 2.05) is 13.0 Å². The molecular formula is C16H13ClN2O2. The van der Waals surface area contributed by atoms with Crippen molar-refractivity contribution >= 4 is 34.7 Å². The minimum Gasteiger partial charge on any atom is -0.398 e. The SMILES string of the molecule is Cc1cccc(N)c1C(=O)c1cc2c(cc1Cl)NC(=O)C2. The Labute approximate surface area is 126 Å². The van der Waals surface area contributed by atoms with E-state index in [2.05, 4.69) is 5.32 Å². The second-order valence-electron chi connectivity index (χ2n) is 5.08. The molecule has 106 valence electrons. The molecule has 1 amide bonds. The molecule has 0 saturated heterocycles. The summed E-state index contributed by atoms with van der Waals surface area (Å²) in [6.45, 7) is 1.83. The highest BCUT2D eigenvalue weighted by Crippen LogP contribution is 2.32. The third kappa shape index (κ3) is 2.28. The van der Waals surface area contributed by atoms with Crippen LogP contribution in [0.3, 0.4) is 0 Å². The predicted octanol–water partition coefficient (Wildman–Crippen LogP) is 2.96. The summed E-state index contributed by atoms with van der Waals surface area (Å²) in [4.78, 5) is 24.1. The number of hydrogen-bond donors (Lipinski definition) is 2. The van der Waals surface area contributed by atoms with Gasteiger partial charge in [0.1, 0.15) is 0 Å². The summed E-state index contributed by atoms with van der Waals surface area (Å²) >= 11 is 6.19. The Kier molecular flexibility index (Phi) is 3.18. The number of ketones is 1. The first-order valence-corrected chi connectivity index (χ1v) is 6.87. The number of anilines is 2. The number of benzene rings is 2. The molecule has 0 bridgehead atoms. The molecule has 0 atom stereocenters. The summed E-state index contributed by atoms with van der Waals surface area (Å²) in [7, 11) is 0. The molecule has 0 unspecified atom stereocenters. The van der Waals surface area contributed by atoms with Crippen molar-refractivity contribution in [2.45, 2.75) is 13.3 Å². The Balaban J connectivity index is 2.11. The standard InChI is InChI=1S/C16H13ClN2O2/c1-8-3-2-4-12(18)15(8)16(21)10-5-9-6-14(20)19-13(9)7-11(10)17/h2-5,7H,6,18H2,1H3,(H,19,20). The summed E-state index contributed by atoms with van der Waals surface area (Å²) in [5.74, 6) is -0.321. The minimum atomic E-state index is -0.224. The van der Waals surface area contributed by atoms with Crippen LogP contribution in [-0.2, 0) is 11.2 Å². The fourth-order valence-electron chi connectivity index (χ4n) is 2.56. The molecule has 0 aliphatic carbocycles. The van der Waals surface area contributed by atoms with Gasteiger partial charge in [-0.3, -0.25) is 9.59 Å². The number of nitrogens with one attached hydrogen (secondary N) is 1. The number of carbonyl (C=O) groups is 2. The largest absolute Gasteiger partial charge is 0.398 e. The molecule has 0 saturated carbocycles. The minimum absolute atomic E-state index is 0.0962. The zero-order chi connectivity index (χ0) is 15.1. The van der Waals surface area contributed by atoms with Gasteiger partial charge in [0.2, 0.25) is 5.91 Å². The van der Waals surface area contributed by atoms with Crippen LogP contribution >= 0.6 is 11.6 Å². The van der Waals surface area contributed by atoms with Gasteiger partial charge in [0, 0.05) is 22.5 Å². The first-order valence-electron chi connectivity index (χ1n) is 6.49. The van der Waals surface area contributed by atoms with E-state index in [1.54, 1.807) is 24.3 Å². The fourth-order valence-corrected chi connectivity index (χ4v) is 2.81. The van der Waals surface area contributed by atoms with E-state index in [0.29, 0.717) is 27.5 Å². The van der Waals surface area contributed by atoms with E-state index in [4.69, 9.17) is 17.3 Å². The van der Waals surface area contributed by atoms with Gasteiger partial charge in [0.25, 0.3) is 0 Å². The maximum Gasteiger partial charge on any atom is 0.228 e. The van der Waals surface area contributed by atoms with Crippen LogP contribution in [0.25, 0.3) is 0 Å². The Bertz CT molecular complexity index is 764. The number of carbonyl (C=O) groups excluding carboxylic acids is 2. The highest BCUT2D eigenvalue weighted by atomic mass is 35.5. The molecule has 2 aromatic rings. The Hall–Kier alpha value is -2.33. The Morgan fingerprint density at radius 2 is 2.10 bits per heavy atom. The number of fused-ring (bicyclic) bond motifs is 1. The Morgan fingerprint density at radius 3 is 2.81 bits per heavy atom. The van der Waals surface area contributed by atoms with Crippen LogP contribution in [0.4, 0.5) is 11.4 Å². The van der Waals surface area contributed by atoms with Crippen LogP contribution in [0.15, 0.2) is 30.3 Å². The van der Waals surface area contributed by atoms with Gasteiger partial charge in [-0.25, -0.2) is 0 Å². The molecule has 4 nitrogen and oxygen atoms in total. The number of aryl methyl sites for hydroxylation is 1. The lowest BCUT2D eigenvalue weighted by Crippen LogP contribution is -2.08. The summed E-state index contributed by atoms with van der Waals surface area (Å²) in [5.41, 5.74) is 9.40. The highest BCUT2D eigenvalue weighted by molar-refractivity contribution is 6.36. The Morgan fingerprint density at radius 1 is 1.33 bits per heavy atom. The number of nitrogens with two attached hydrogens (primary N) is 1. The van der Waals surface area contributed by atoms with Crippen molar-refractivity contribution in [3.63, 3.8) is 0 Å². The first-order chi connectivity index (χ1) is 9.97. The van der Waals surface area contributed by atoms with Gasteiger partial charge in [-0.05, 0) is 36.2 Å². The van der Waals surface area contributed by atoms with Crippen molar-refractivity contribution in [2.75, 3.05) is 11.1 Å². The van der Waals surface area contributed by atoms with E-state index < -0.39 is 0 Å². The van der Waals surface area contributed by atoms with Crippen LogP contribution in [-0.4, -0.2) is 11.7 Å². The van der Waals surface area contributed by atoms with Gasteiger partial charge >= 0.3 is 0 Å². The van der Waals surface area contributed by atoms with E-state index in [0.717, 1.165) is 11.1 Å². The van der Waals surface area contributed by atoms with Crippen molar-refractivity contribution in [3.8, 4) is 0 Å². The number of rotatable bonds is 2. The normalized spacial score (nSPS) is 13.0. The van der Waals surface area contributed by atoms with Crippen LogP contribution in [0.1, 0.15) is 27.0 Å². The molecule has 3 rings (SSSR count). The molecule has 1 aliphatic heterocycles. The van der Waals surface area contributed by atoms with E-state index >= 15 is 0 Å². The number of nitrogen functional groups attached to an aromatic ring is 1. The molecular weight excluding hydrogens is 288 g/mol. The van der Waals surface area contributed by atoms with Crippen molar-refractivity contribution < 1.29 is 9.59 Å². The zero-order valence-corrected chi connectivity index (χ0v) is 12.1. The lowest BCUT2D eigenvalue weighted by molar-refractivity contribution is -0.115. The summed E-state index contributed by atoms with van der Waals surface area (Å²) in [6, 6.07) is 8.60. The van der Waals surface area contributed by atoms with E-state index in [-0.39, 0.29) is 18.1 Å². The van der Waals surface area contributed by atoms with Gasteiger partial charge in [0.05, 0.1) is 11.4 Å². The molecule has 2 aromatic carbocycles. The number of amides is 1. The smallest absolute Gasteiger partial charge is 0.228 e. The molecule has 1 aliphatic rings. The molecule has 0 fully saturated rings. The zero-order valence-electron chi connectivity index (χ0n) is 11.4. The second-order valence-corrected chi connectivity index (χ2v) is 5.49. The van der Waals surface area contributed by atoms with Crippen molar-refractivity contribution in [2.24, 2.45) is 0 Å². The van der Waals surface area contributed by atoms with Crippen molar-refractivity contribution in [3.05, 3.63) is 57.6 Å². The molecule has 21 heavy (non-hydrogen) atoms. The van der Waals surface area contributed by atoms with Crippen molar-refractivity contribution in [1.29, 1.82) is 0 Å². The van der Waals surface area contributed by atoms with Crippen LogP contribution < -0.4 is 11.1 Å². The maximum atomic E-state index is 12.7. The summed E-state index contributed by atoms with van der Waals surface area (Å²) < 4.78 is 0. The molecule has 1 heterocycles. The van der Waals surface area contributed by atoms with Gasteiger partial charge in [-0.1, -0.05) is 23.7 Å². The maximum absolute atomic E-state index is 12.7. The second kappa shape index (κ2) is 4.90. The summed E-state index contributed by atoms with van der Waals surface area (Å²) in [5, 5.41) is 3.02. The quantitative estimate of drug-likeness (QED) is 0.661. The van der Waals surface area contributed by atoms with Crippen LogP contribution in [0, 0.1) is 6.92 Å². The van der Waals surface area contributed by atoms with Gasteiger partial charge < -0.3 is 11.1 Å². The molecule has 5 heteroatoms. The molecule has 3 N–H and O–H groups in total. The number of hydrogen-bond acceptors (Lipinski definition) is 3. The van der Waals surface area contributed by atoms with Crippen LogP contribution in [0.5, 0.6) is 0 Å². The van der Waals surface area contributed by atoms with Gasteiger partial charge in [-0.15, -0.1) is 0 Å². The third-order valence-corrected chi connectivity index (χ3v) is 3.91. The van der Waals surface area contributed by atoms with Crippen LogP contribution in [0.2, 0.25) is 5.02 Å². The average Bonchev–Trinajstić information content (AvgIpc) is 2.76. The monoisotopic (exact) mass is 300 g/mol. The van der Waals surface area contributed by atoms with E-state index in [9.17, 15) is 9.59 Å². The summed E-state index contributed by atoms with van der Waals surface area (Å²) in [6.07, 6.45) is 0.260. The van der Waals surface area contributed by atoms with Gasteiger partial charge in [0.15, 0.2) is 5.78 Å². The highest BCUT2D eigenvalue weighted by Gasteiger charge is 2.24. The average molecular weight is 301 g/mol. The molecule has 0 radical (unpaired) electrons. The lowest BCUT2D eigenvalue weighted by atomic mass is 9.95.